The van der Waals surface area contributed by atoms with Crippen LogP contribution >= 0.6 is 0 Å². The van der Waals surface area contributed by atoms with Gasteiger partial charge >= 0.3 is 6.09 Å². The molecule has 1 aliphatic heterocycles. The van der Waals surface area contributed by atoms with Crippen molar-refractivity contribution in [2.75, 3.05) is 37.8 Å². The summed E-state index contributed by atoms with van der Waals surface area (Å²) in [5, 5.41) is 0. The van der Waals surface area contributed by atoms with Crippen LogP contribution < -0.4 is 4.90 Å². The van der Waals surface area contributed by atoms with Gasteiger partial charge in [0.05, 0.1) is 6.67 Å². The molecule has 1 aliphatic rings. The van der Waals surface area contributed by atoms with E-state index in [1.165, 1.54) is 5.56 Å². The van der Waals surface area contributed by atoms with Crippen molar-refractivity contribution in [3.8, 4) is 0 Å². The highest BCUT2D eigenvalue weighted by molar-refractivity contribution is 5.68. The average molecular weight is 322 g/mol. The van der Waals surface area contributed by atoms with Gasteiger partial charge in [-0.2, -0.15) is 0 Å². The van der Waals surface area contributed by atoms with Crippen molar-refractivity contribution in [3.63, 3.8) is 0 Å². The Labute approximate surface area is 138 Å². The van der Waals surface area contributed by atoms with Crippen LogP contribution in [-0.4, -0.2) is 49.4 Å². The Bertz CT molecular complexity index is 503. The van der Waals surface area contributed by atoms with Crippen LogP contribution in [0.1, 0.15) is 32.8 Å². The van der Waals surface area contributed by atoms with Gasteiger partial charge in [-0.25, -0.2) is 4.79 Å². The van der Waals surface area contributed by atoms with Crippen LogP contribution in [0.25, 0.3) is 0 Å². The molecule has 0 aliphatic carbocycles. The van der Waals surface area contributed by atoms with Gasteiger partial charge < -0.3 is 14.5 Å². The molecule has 1 amide bonds. The van der Waals surface area contributed by atoms with E-state index in [1.54, 1.807) is 4.90 Å². The van der Waals surface area contributed by atoms with Gasteiger partial charge in [0.1, 0.15) is 5.60 Å². The number of carbonyl (C=O) groups excluding carboxylic acids is 1. The number of piperazine rings is 1. The lowest BCUT2D eigenvalue weighted by atomic mass is 10.1. The fraction of sp³-hybridized carbons (Fsp3) is 0.611. The number of hydrogen-bond donors (Lipinski definition) is 0. The van der Waals surface area contributed by atoms with Gasteiger partial charge in [0.15, 0.2) is 0 Å². The highest BCUT2D eigenvalue weighted by Gasteiger charge is 2.25. The van der Waals surface area contributed by atoms with E-state index in [2.05, 4.69) is 29.2 Å². The smallest absolute Gasteiger partial charge is 0.410 e. The Balaban J connectivity index is 1.85. The van der Waals surface area contributed by atoms with Gasteiger partial charge in [0.2, 0.25) is 0 Å². The summed E-state index contributed by atoms with van der Waals surface area (Å²) in [5.74, 6) is 0. The number of ether oxygens (including phenoxy) is 1. The molecule has 0 radical (unpaired) electrons. The number of halogens is 1. The molecule has 1 aromatic carbocycles. The molecule has 4 nitrogen and oxygen atoms in total. The Kier molecular flexibility index (Phi) is 5.85. The quantitative estimate of drug-likeness (QED) is 0.848. The highest BCUT2D eigenvalue weighted by Crippen LogP contribution is 2.19. The lowest BCUT2D eigenvalue weighted by molar-refractivity contribution is 0.0240. The van der Waals surface area contributed by atoms with E-state index in [0.29, 0.717) is 19.5 Å². The SMILES string of the molecule is CC(C)(C)OC(=O)N1CCN(c2ccc(CCCF)cc2)CC1. The van der Waals surface area contributed by atoms with Crippen LogP contribution in [0.2, 0.25) is 0 Å². The van der Waals surface area contributed by atoms with E-state index in [0.717, 1.165) is 25.2 Å². The molecule has 1 saturated heterocycles. The van der Waals surface area contributed by atoms with Crippen molar-refractivity contribution in [3.05, 3.63) is 29.8 Å². The summed E-state index contributed by atoms with van der Waals surface area (Å²) >= 11 is 0. The van der Waals surface area contributed by atoms with Crippen molar-refractivity contribution in [1.29, 1.82) is 0 Å². The summed E-state index contributed by atoms with van der Waals surface area (Å²) in [4.78, 5) is 16.1. The Morgan fingerprint density at radius 1 is 1.13 bits per heavy atom. The average Bonchev–Trinajstić information content (AvgIpc) is 2.52. The first-order chi connectivity index (χ1) is 10.9. The van der Waals surface area contributed by atoms with Crippen molar-refractivity contribution < 1.29 is 13.9 Å². The number of nitrogens with zero attached hydrogens (tertiary/aromatic N) is 2. The summed E-state index contributed by atoms with van der Waals surface area (Å²) in [5.41, 5.74) is 1.86. The van der Waals surface area contributed by atoms with Crippen molar-refractivity contribution in [2.24, 2.45) is 0 Å². The van der Waals surface area contributed by atoms with E-state index in [9.17, 15) is 9.18 Å². The maximum atomic E-state index is 12.2. The number of rotatable bonds is 4. The number of aryl methyl sites for hydroxylation is 1. The number of carbonyl (C=O) groups is 1. The first kappa shape index (κ1) is 17.6. The molecule has 5 heteroatoms. The molecule has 0 aromatic heterocycles. The molecule has 1 aromatic rings. The maximum absolute atomic E-state index is 12.2. The van der Waals surface area contributed by atoms with Crippen LogP contribution in [-0.2, 0) is 11.2 Å². The summed E-state index contributed by atoms with van der Waals surface area (Å²) in [6.45, 7) is 8.29. The minimum absolute atomic E-state index is 0.237. The first-order valence-corrected chi connectivity index (χ1v) is 8.27. The number of alkyl halides is 1. The highest BCUT2D eigenvalue weighted by atomic mass is 19.1. The normalized spacial score (nSPS) is 15.7. The molecule has 2 rings (SSSR count). The third-order valence-electron chi connectivity index (χ3n) is 3.83. The summed E-state index contributed by atoms with van der Waals surface area (Å²) in [7, 11) is 0. The first-order valence-electron chi connectivity index (χ1n) is 8.27. The zero-order chi connectivity index (χ0) is 16.9. The standard InChI is InChI=1S/C18H27FN2O2/c1-18(2,3)23-17(22)21-13-11-20(12-14-21)16-8-6-15(7-9-16)5-4-10-19/h6-9H,4-5,10-14H2,1-3H3. The topological polar surface area (TPSA) is 32.8 Å². The number of amides is 1. The third kappa shape index (κ3) is 5.41. The number of hydrogen-bond acceptors (Lipinski definition) is 3. The molecule has 0 spiro atoms. The fourth-order valence-corrected chi connectivity index (χ4v) is 2.62. The van der Waals surface area contributed by atoms with Crippen LogP contribution in [0.3, 0.4) is 0 Å². The van der Waals surface area contributed by atoms with Crippen molar-refractivity contribution >= 4 is 11.8 Å². The molecule has 128 valence electrons. The van der Waals surface area contributed by atoms with E-state index in [1.807, 2.05) is 20.8 Å². The Morgan fingerprint density at radius 2 is 1.74 bits per heavy atom. The predicted molar refractivity (Wildman–Crippen MR) is 90.8 cm³/mol. The molecule has 0 atom stereocenters. The van der Waals surface area contributed by atoms with Gasteiger partial charge in [-0.15, -0.1) is 0 Å². The lowest BCUT2D eigenvalue weighted by Gasteiger charge is -2.36. The van der Waals surface area contributed by atoms with Crippen LogP contribution in [0.15, 0.2) is 24.3 Å². The molecule has 0 bridgehead atoms. The van der Waals surface area contributed by atoms with Crippen molar-refractivity contribution in [2.45, 2.75) is 39.2 Å². The molecule has 0 N–H and O–H groups in total. The van der Waals surface area contributed by atoms with Crippen LogP contribution in [0, 0.1) is 0 Å². The minimum atomic E-state index is -0.455. The number of benzene rings is 1. The van der Waals surface area contributed by atoms with Gasteiger partial charge in [0.25, 0.3) is 0 Å². The third-order valence-corrected chi connectivity index (χ3v) is 3.83. The molecule has 0 unspecified atom stereocenters. The number of anilines is 1. The molecule has 0 saturated carbocycles. The van der Waals surface area contributed by atoms with Gasteiger partial charge in [-0.05, 0) is 51.3 Å². The zero-order valence-electron chi connectivity index (χ0n) is 14.3. The molecular weight excluding hydrogens is 295 g/mol. The van der Waals surface area contributed by atoms with E-state index in [-0.39, 0.29) is 12.8 Å². The Morgan fingerprint density at radius 3 is 2.26 bits per heavy atom. The fourth-order valence-electron chi connectivity index (χ4n) is 2.62. The second-order valence-electron chi connectivity index (χ2n) is 6.91. The van der Waals surface area contributed by atoms with Crippen molar-refractivity contribution in [1.82, 2.24) is 4.90 Å². The molecular formula is C18H27FN2O2. The summed E-state index contributed by atoms with van der Waals surface area (Å²) in [6.07, 6.45) is 1.12. The van der Waals surface area contributed by atoms with Crippen LogP contribution in [0.5, 0.6) is 0 Å². The largest absolute Gasteiger partial charge is 0.444 e. The van der Waals surface area contributed by atoms with E-state index >= 15 is 0 Å². The molecule has 1 fully saturated rings. The summed E-state index contributed by atoms with van der Waals surface area (Å²) in [6, 6.07) is 8.28. The van der Waals surface area contributed by atoms with Gasteiger partial charge in [-0.1, -0.05) is 12.1 Å². The van der Waals surface area contributed by atoms with Gasteiger partial charge in [0, 0.05) is 31.9 Å². The Hall–Kier alpha value is -1.78. The lowest BCUT2D eigenvalue weighted by Crippen LogP contribution is -2.50. The predicted octanol–water partition coefficient (Wildman–Crippen LogP) is 3.65. The molecule has 1 heterocycles. The van der Waals surface area contributed by atoms with Crippen LogP contribution in [0.4, 0.5) is 14.9 Å². The zero-order valence-corrected chi connectivity index (χ0v) is 14.3. The molecule has 23 heavy (non-hydrogen) atoms. The van der Waals surface area contributed by atoms with E-state index < -0.39 is 5.60 Å². The van der Waals surface area contributed by atoms with E-state index in [4.69, 9.17) is 4.74 Å². The maximum Gasteiger partial charge on any atom is 0.410 e. The van der Waals surface area contributed by atoms with Gasteiger partial charge in [-0.3, -0.25) is 4.39 Å². The second-order valence-corrected chi connectivity index (χ2v) is 6.91. The monoisotopic (exact) mass is 322 g/mol. The minimum Gasteiger partial charge on any atom is -0.444 e. The second kappa shape index (κ2) is 7.66. The summed E-state index contributed by atoms with van der Waals surface area (Å²) < 4.78 is 17.6.